The van der Waals surface area contributed by atoms with Crippen molar-refractivity contribution in [2.75, 3.05) is 23.7 Å². The van der Waals surface area contributed by atoms with Crippen molar-refractivity contribution in [2.45, 2.75) is 33.2 Å². The molecule has 1 heterocycles. The van der Waals surface area contributed by atoms with Crippen molar-refractivity contribution in [1.82, 2.24) is 15.3 Å². The molecule has 0 spiro atoms. The summed E-state index contributed by atoms with van der Waals surface area (Å²) in [5, 5.41) is 9.16. The van der Waals surface area contributed by atoms with Crippen molar-refractivity contribution in [2.24, 2.45) is 0 Å². The second-order valence-electron chi connectivity index (χ2n) is 4.08. The van der Waals surface area contributed by atoms with E-state index in [2.05, 4.69) is 32.8 Å². The first-order valence-corrected chi connectivity index (χ1v) is 6.76. The number of halogens is 1. The summed E-state index contributed by atoms with van der Waals surface area (Å²) < 4.78 is 0. The molecular formula is C12H20ClN5O. The lowest BCUT2D eigenvalue weighted by molar-refractivity contribution is -0.121. The van der Waals surface area contributed by atoms with Crippen molar-refractivity contribution in [1.29, 1.82) is 0 Å². The Morgan fingerprint density at radius 3 is 2.84 bits per heavy atom. The van der Waals surface area contributed by atoms with Gasteiger partial charge in [-0.25, -0.2) is 4.98 Å². The van der Waals surface area contributed by atoms with Crippen LogP contribution in [0.4, 0.5) is 11.8 Å². The minimum absolute atomic E-state index is 0.0970. The molecule has 0 aliphatic heterocycles. The van der Waals surface area contributed by atoms with Gasteiger partial charge in [0.1, 0.15) is 11.1 Å². The van der Waals surface area contributed by atoms with Crippen molar-refractivity contribution in [3.63, 3.8) is 0 Å². The van der Waals surface area contributed by atoms with Gasteiger partial charge in [-0.05, 0) is 20.3 Å². The van der Waals surface area contributed by atoms with Gasteiger partial charge in [-0.2, -0.15) is 4.98 Å². The zero-order valence-electron chi connectivity index (χ0n) is 11.5. The minimum Gasteiger partial charge on any atom is -0.357 e. The second-order valence-corrected chi connectivity index (χ2v) is 4.48. The Labute approximate surface area is 118 Å². The first-order chi connectivity index (χ1) is 9.08. The van der Waals surface area contributed by atoms with Gasteiger partial charge in [-0.15, -0.1) is 0 Å². The lowest BCUT2D eigenvalue weighted by atomic mass is 10.3. The van der Waals surface area contributed by atoms with Gasteiger partial charge in [-0.3, -0.25) is 4.79 Å². The van der Waals surface area contributed by atoms with Crippen LogP contribution in [0.2, 0.25) is 5.02 Å². The van der Waals surface area contributed by atoms with Gasteiger partial charge in [0.25, 0.3) is 0 Å². The van der Waals surface area contributed by atoms with E-state index >= 15 is 0 Å². The van der Waals surface area contributed by atoms with E-state index in [-0.39, 0.29) is 5.91 Å². The number of rotatable bonds is 7. The van der Waals surface area contributed by atoms with Gasteiger partial charge in [0.05, 0.1) is 6.20 Å². The predicted octanol–water partition coefficient (Wildman–Crippen LogP) is 1.89. The van der Waals surface area contributed by atoms with Crippen LogP contribution in [0.3, 0.4) is 0 Å². The molecule has 0 radical (unpaired) electrons. The summed E-state index contributed by atoms with van der Waals surface area (Å²) in [5.74, 6) is 0.853. The molecular weight excluding hydrogens is 266 g/mol. The van der Waals surface area contributed by atoms with Gasteiger partial charge in [-0.1, -0.05) is 18.5 Å². The number of likely N-dealkylation sites (N-methyl/N-ethyl adjacent to an activating group) is 1. The lowest BCUT2D eigenvalue weighted by Gasteiger charge is -2.15. The Bertz CT molecular complexity index is 427. The molecule has 0 bridgehead atoms. The first kappa shape index (κ1) is 15.5. The third-order valence-corrected chi connectivity index (χ3v) is 2.65. The Balaban J connectivity index is 2.73. The van der Waals surface area contributed by atoms with E-state index in [1.807, 2.05) is 6.92 Å². The molecule has 3 N–H and O–H groups in total. The molecule has 1 rings (SSSR count). The molecule has 1 aromatic heterocycles. The third-order valence-electron chi connectivity index (χ3n) is 2.37. The fourth-order valence-electron chi connectivity index (χ4n) is 1.39. The average molecular weight is 286 g/mol. The Kier molecular flexibility index (Phi) is 6.35. The Morgan fingerprint density at radius 2 is 2.21 bits per heavy atom. The number of hydrogen-bond donors (Lipinski definition) is 3. The van der Waals surface area contributed by atoms with Crippen molar-refractivity contribution in [3.05, 3.63) is 11.2 Å². The summed E-state index contributed by atoms with van der Waals surface area (Å²) in [6.45, 7) is 7.05. The molecule has 0 saturated carbocycles. The maximum atomic E-state index is 11.6. The van der Waals surface area contributed by atoms with Gasteiger partial charge in [0.2, 0.25) is 11.9 Å². The number of amides is 1. The molecule has 106 valence electrons. The van der Waals surface area contributed by atoms with Gasteiger partial charge in [0.15, 0.2) is 5.82 Å². The van der Waals surface area contributed by atoms with Crippen LogP contribution in [0.25, 0.3) is 0 Å². The summed E-state index contributed by atoms with van der Waals surface area (Å²) in [4.78, 5) is 20.0. The van der Waals surface area contributed by atoms with Crippen LogP contribution in [-0.4, -0.2) is 35.0 Å². The number of hydrogen-bond acceptors (Lipinski definition) is 5. The molecule has 0 saturated heterocycles. The molecule has 0 aliphatic carbocycles. The van der Waals surface area contributed by atoms with Crippen LogP contribution >= 0.6 is 11.6 Å². The normalized spacial score (nSPS) is 11.8. The average Bonchev–Trinajstić information content (AvgIpc) is 2.39. The van der Waals surface area contributed by atoms with Crippen molar-refractivity contribution < 1.29 is 4.79 Å². The molecule has 0 fully saturated rings. The van der Waals surface area contributed by atoms with Crippen LogP contribution in [-0.2, 0) is 4.79 Å². The topological polar surface area (TPSA) is 78.9 Å². The number of carbonyl (C=O) groups excluding carboxylic acids is 1. The highest BCUT2D eigenvalue weighted by atomic mass is 35.5. The summed E-state index contributed by atoms with van der Waals surface area (Å²) >= 11 is 6.01. The largest absolute Gasteiger partial charge is 0.357 e. The third kappa shape index (κ3) is 4.90. The summed E-state index contributed by atoms with van der Waals surface area (Å²) in [5.41, 5.74) is 0. The van der Waals surface area contributed by atoms with Crippen LogP contribution in [0, 0.1) is 0 Å². The molecule has 1 unspecified atom stereocenters. The molecule has 19 heavy (non-hydrogen) atoms. The standard InChI is InChI=1S/C12H20ClN5O/c1-4-6-15-12-16-7-9(13)10(18-12)17-8(3)11(19)14-5-2/h7-8H,4-6H2,1-3H3,(H,14,19)(H2,15,16,17,18). The molecule has 7 heteroatoms. The van der Waals surface area contributed by atoms with E-state index in [0.29, 0.717) is 23.3 Å². The quantitative estimate of drug-likeness (QED) is 0.713. The molecule has 0 aromatic carbocycles. The molecule has 6 nitrogen and oxygen atoms in total. The highest BCUT2D eigenvalue weighted by Crippen LogP contribution is 2.20. The molecule has 0 aliphatic rings. The lowest BCUT2D eigenvalue weighted by Crippen LogP contribution is -2.37. The van der Waals surface area contributed by atoms with E-state index in [4.69, 9.17) is 11.6 Å². The van der Waals surface area contributed by atoms with E-state index in [1.54, 1.807) is 6.92 Å². The number of anilines is 2. The van der Waals surface area contributed by atoms with Gasteiger partial charge < -0.3 is 16.0 Å². The fourth-order valence-corrected chi connectivity index (χ4v) is 1.53. The van der Waals surface area contributed by atoms with E-state index < -0.39 is 6.04 Å². The second kappa shape index (κ2) is 7.78. The number of carbonyl (C=O) groups is 1. The molecule has 1 amide bonds. The van der Waals surface area contributed by atoms with E-state index in [9.17, 15) is 4.79 Å². The summed E-state index contributed by atoms with van der Waals surface area (Å²) in [7, 11) is 0. The Hall–Kier alpha value is -1.56. The number of nitrogens with one attached hydrogen (secondary N) is 3. The van der Waals surface area contributed by atoms with E-state index in [0.717, 1.165) is 13.0 Å². The maximum absolute atomic E-state index is 11.6. The zero-order valence-corrected chi connectivity index (χ0v) is 12.2. The van der Waals surface area contributed by atoms with E-state index in [1.165, 1.54) is 6.20 Å². The van der Waals surface area contributed by atoms with Gasteiger partial charge in [0, 0.05) is 13.1 Å². The van der Waals surface area contributed by atoms with Crippen molar-refractivity contribution >= 4 is 29.3 Å². The highest BCUT2D eigenvalue weighted by molar-refractivity contribution is 6.32. The molecule has 1 aromatic rings. The van der Waals surface area contributed by atoms with Gasteiger partial charge >= 0.3 is 0 Å². The monoisotopic (exact) mass is 285 g/mol. The van der Waals surface area contributed by atoms with Crippen LogP contribution in [0.1, 0.15) is 27.2 Å². The zero-order chi connectivity index (χ0) is 14.3. The minimum atomic E-state index is -0.411. The first-order valence-electron chi connectivity index (χ1n) is 6.39. The predicted molar refractivity (Wildman–Crippen MR) is 77.6 cm³/mol. The smallest absolute Gasteiger partial charge is 0.242 e. The Morgan fingerprint density at radius 1 is 1.47 bits per heavy atom. The van der Waals surface area contributed by atoms with Crippen LogP contribution < -0.4 is 16.0 Å². The maximum Gasteiger partial charge on any atom is 0.242 e. The SMILES string of the molecule is CCCNc1ncc(Cl)c(NC(C)C(=O)NCC)n1. The summed E-state index contributed by atoms with van der Waals surface area (Å²) in [6.07, 6.45) is 2.49. The van der Waals surface area contributed by atoms with Crippen LogP contribution in [0.5, 0.6) is 0 Å². The summed E-state index contributed by atoms with van der Waals surface area (Å²) in [6, 6.07) is -0.411. The number of nitrogens with zero attached hydrogens (tertiary/aromatic N) is 2. The molecule has 1 atom stereocenters. The highest BCUT2D eigenvalue weighted by Gasteiger charge is 2.14. The van der Waals surface area contributed by atoms with Crippen LogP contribution in [0.15, 0.2) is 6.20 Å². The fraction of sp³-hybridized carbons (Fsp3) is 0.583. The van der Waals surface area contributed by atoms with Crippen molar-refractivity contribution in [3.8, 4) is 0 Å². The number of aromatic nitrogens is 2.